The van der Waals surface area contributed by atoms with Crippen molar-refractivity contribution < 1.29 is 18.8 Å². The van der Waals surface area contributed by atoms with Crippen LogP contribution in [0.5, 0.6) is 0 Å². The van der Waals surface area contributed by atoms with Crippen LogP contribution in [0.4, 0.5) is 14.9 Å². The highest BCUT2D eigenvalue weighted by atomic mass is 79.9. The SMILES string of the molecule is CCC1(CC)C(=O)NC(=O)N(c2cc(Br)ccc2F)C1=O. The van der Waals surface area contributed by atoms with Gasteiger partial charge in [-0.05, 0) is 31.0 Å². The molecular weight excluding hydrogens is 343 g/mol. The van der Waals surface area contributed by atoms with E-state index in [4.69, 9.17) is 0 Å². The zero-order chi connectivity index (χ0) is 15.8. The summed E-state index contributed by atoms with van der Waals surface area (Å²) in [7, 11) is 0. The number of urea groups is 1. The van der Waals surface area contributed by atoms with Crippen LogP contribution < -0.4 is 10.2 Å². The maximum Gasteiger partial charge on any atom is 0.335 e. The van der Waals surface area contributed by atoms with E-state index in [1.807, 2.05) is 0 Å². The van der Waals surface area contributed by atoms with Crippen LogP contribution in [0.3, 0.4) is 0 Å². The van der Waals surface area contributed by atoms with Crippen LogP contribution in [-0.2, 0) is 9.59 Å². The largest absolute Gasteiger partial charge is 0.335 e. The zero-order valence-corrected chi connectivity index (χ0v) is 13.2. The first-order chi connectivity index (χ1) is 9.87. The smallest absolute Gasteiger partial charge is 0.276 e. The lowest BCUT2D eigenvalue weighted by molar-refractivity contribution is -0.143. The average Bonchev–Trinajstić information content (AvgIpc) is 2.44. The van der Waals surface area contributed by atoms with E-state index >= 15 is 0 Å². The van der Waals surface area contributed by atoms with Crippen molar-refractivity contribution in [3.8, 4) is 0 Å². The summed E-state index contributed by atoms with van der Waals surface area (Å²) in [6, 6.07) is 3.01. The van der Waals surface area contributed by atoms with Crippen LogP contribution >= 0.6 is 15.9 Å². The van der Waals surface area contributed by atoms with Crippen molar-refractivity contribution in [2.75, 3.05) is 4.90 Å². The summed E-state index contributed by atoms with van der Waals surface area (Å²) in [6.45, 7) is 3.37. The monoisotopic (exact) mass is 356 g/mol. The minimum absolute atomic E-state index is 0.175. The van der Waals surface area contributed by atoms with Gasteiger partial charge in [0.2, 0.25) is 5.91 Å². The lowest BCUT2D eigenvalue weighted by Gasteiger charge is -2.38. The predicted octanol–water partition coefficient (Wildman–Crippen LogP) is 2.98. The third kappa shape index (κ3) is 2.35. The van der Waals surface area contributed by atoms with E-state index in [2.05, 4.69) is 21.2 Å². The molecule has 1 saturated heterocycles. The number of hydrogen-bond donors (Lipinski definition) is 1. The summed E-state index contributed by atoms with van der Waals surface area (Å²) < 4.78 is 14.5. The van der Waals surface area contributed by atoms with Gasteiger partial charge >= 0.3 is 6.03 Å². The molecule has 1 aromatic carbocycles. The van der Waals surface area contributed by atoms with Gasteiger partial charge in [-0.25, -0.2) is 14.1 Å². The predicted molar refractivity (Wildman–Crippen MR) is 78.1 cm³/mol. The summed E-state index contributed by atoms with van der Waals surface area (Å²) in [4.78, 5) is 37.4. The summed E-state index contributed by atoms with van der Waals surface area (Å²) in [5.74, 6) is -2.04. The molecule has 1 heterocycles. The van der Waals surface area contributed by atoms with Gasteiger partial charge in [-0.15, -0.1) is 0 Å². The second kappa shape index (κ2) is 5.55. The van der Waals surface area contributed by atoms with E-state index in [1.165, 1.54) is 12.1 Å². The first-order valence-electron chi connectivity index (χ1n) is 6.52. The molecule has 0 unspecified atom stereocenters. The van der Waals surface area contributed by atoms with Crippen LogP contribution in [0.2, 0.25) is 0 Å². The molecule has 2 rings (SSSR count). The van der Waals surface area contributed by atoms with Crippen molar-refractivity contribution in [1.29, 1.82) is 0 Å². The number of benzene rings is 1. The van der Waals surface area contributed by atoms with Gasteiger partial charge < -0.3 is 0 Å². The second-order valence-corrected chi connectivity index (χ2v) is 5.70. The van der Waals surface area contributed by atoms with E-state index in [0.29, 0.717) is 9.37 Å². The van der Waals surface area contributed by atoms with Crippen LogP contribution in [0.1, 0.15) is 26.7 Å². The maximum absolute atomic E-state index is 14.0. The van der Waals surface area contributed by atoms with Gasteiger partial charge in [0, 0.05) is 4.47 Å². The summed E-state index contributed by atoms with van der Waals surface area (Å²) >= 11 is 3.17. The molecule has 5 nitrogen and oxygen atoms in total. The fourth-order valence-electron chi connectivity index (χ4n) is 2.43. The highest BCUT2D eigenvalue weighted by molar-refractivity contribution is 9.10. The number of carbonyl (C=O) groups excluding carboxylic acids is 3. The van der Waals surface area contributed by atoms with Gasteiger partial charge in [-0.2, -0.15) is 0 Å². The molecule has 1 aliphatic heterocycles. The highest BCUT2D eigenvalue weighted by Gasteiger charge is 2.52. The Balaban J connectivity index is 2.57. The number of nitrogens with one attached hydrogen (secondary N) is 1. The van der Waals surface area contributed by atoms with Crippen molar-refractivity contribution in [3.63, 3.8) is 0 Å². The number of anilines is 1. The van der Waals surface area contributed by atoms with Crippen LogP contribution in [0.15, 0.2) is 22.7 Å². The van der Waals surface area contributed by atoms with E-state index in [9.17, 15) is 18.8 Å². The molecule has 0 aromatic heterocycles. The number of barbiturate groups is 1. The first-order valence-corrected chi connectivity index (χ1v) is 7.31. The van der Waals surface area contributed by atoms with Gasteiger partial charge in [0.05, 0.1) is 5.69 Å². The molecule has 0 atom stereocenters. The van der Waals surface area contributed by atoms with Crippen molar-refractivity contribution in [1.82, 2.24) is 5.32 Å². The number of amides is 4. The van der Waals surface area contributed by atoms with Gasteiger partial charge in [0.1, 0.15) is 11.2 Å². The Kier molecular flexibility index (Phi) is 4.13. The van der Waals surface area contributed by atoms with Crippen molar-refractivity contribution in [3.05, 3.63) is 28.5 Å². The van der Waals surface area contributed by atoms with Gasteiger partial charge in [-0.1, -0.05) is 29.8 Å². The average molecular weight is 357 g/mol. The number of halogens is 2. The molecule has 0 radical (unpaired) electrons. The molecule has 0 bridgehead atoms. The van der Waals surface area contributed by atoms with Gasteiger partial charge in [-0.3, -0.25) is 14.9 Å². The Bertz CT molecular complexity index is 629. The number of imide groups is 2. The fourth-order valence-corrected chi connectivity index (χ4v) is 2.77. The molecule has 1 N–H and O–H groups in total. The van der Waals surface area contributed by atoms with Crippen molar-refractivity contribution >= 4 is 39.5 Å². The van der Waals surface area contributed by atoms with Crippen LogP contribution in [0, 0.1) is 11.2 Å². The van der Waals surface area contributed by atoms with E-state index in [0.717, 1.165) is 6.07 Å². The third-order valence-corrected chi connectivity index (χ3v) is 4.32. The molecule has 4 amide bonds. The molecule has 7 heteroatoms. The van der Waals surface area contributed by atoms with E-state index in [-0.39, 0.29) is 18.5 Å². The molecule has 1 fully saturated rings. The molecular formula is C14H14BrFN2O3. The lowest BCUT2D eigenvalue weighted by Crippen LogP contribution is -2.64. The highest BCUT2D eigenvalue weighted by Crippen LogP contribution is 2.36. The lowest BCUT2D eigenvalue weighted by atomic mass is 9.78. The minimum atomic E-state index is -1.34. The van der Waals surface area contributed by atoms with Crippen molar-refractivity contribution in [2.45, 2.75) is 26.7 Å². The van der Waals surface area contributed by atoms with Crippen LogP contribution in [0.25, 0.3) is 0 Å². The van der Waals surface area contributed by atoms with E-state index in [1.54, 1.807) is 13.8 Å². The number of hydrogen-bond acceptors (Lipinski definition) is 3. The molecule has 1 aliphatic rings. The molecule has 0 aliphatic carbocycles. The van der Waals surface area contributed by atoms with Crippen molar-refractivity contribution in [2.24, 2.45) is 5.41 Å². The van der Waals surface area contributed by atoms with E-state index < -0.39 is 29.1 Å². The molecule has 21 heavy (non-hydrogen) atoms. The zero-order valence-electron chi connectivity index (χ0n) is 11.6. The normalized spacial score (nSPS) is 17.9. The Morgan fingerprint density at radius 1 is 1.24 bits per heavy atom. The summed E-state index contributed by atoms with van der Waals surface area (Å²) in [5.41, 5.74) is -1.52. The minimum Gasteiger partial charge on any atom is -0.276 e. The Labute approximate surface area is 129 Å². The Hall–Kier alpha value is -1.76. The number of carbonyl (C=O) groups is 3. The second-order valence-electron chi connectivity index (χ2n) is 4.78. The standard InChI is InChI=1S/C14H14BrFN2O3/c1-3-14(4-2)11(19)17-13(21)18(12(14)20)10-7-8(15)5-6-9(10)16/h5-7H,3-4H2,1-2H3,(H,17,19,21). The summed E-state index contributed by atoms with van der Waals surface area (Å²) in [6.07, 6.45) is 0.459. The van der Waals surface area contributed by atoms with Crippen LogP contribution in [-0.4, -0.2) is 17.8 Å². The quantitative estimate of drug-likeness (QED) is 0.846. The molecule has 0 saturated carbocycles. The molecule has 1 aromatic rings. The fraction of sp³-hybridized carbons (Fsp3) is 0.357. The molecule has 0 spiro atoms. The molecule has 112 valence electrons. The maximum atomic E-state index is 14.0. The topological polar surface area (TPSA) is 66.5 Å². The van der Waals surface area contributed by atoms with Gasteiger partial charge in [0.25, 0.3) is 5.91 Å². The Morgan fingerprint density at radius 2 is 1.86 bits per heavy atom. The third-order valence-electron chi connectivity index (χ3n) is 3.83. The van der Waals surface area contributed by atoms with Gasteiger partial charge in [0.15, 0.2) is 0 Å². The Morgan fingerprint density at radius 3 is 2.43 bits per heavy atom. The summed E-state index contributed by atoms with van der Waals surface area (Å²) in [5, 5.41) is 2.14. The number of rotatable bonds is 3. The first kappa shape index (κ1) is 15.6. The number of nitrogens with zero attached hydrogens (tertiary/aromatic N) is 1.